The van der Waals surface area contributed by atoms with Gasteiger partial charge in [0.2, 0.25) is 0 Å². The van der Waals surface area contributed by atoms with Crippen molar-refractivity contribution in [1.29, 1.82) is 5.41 Å². The molecule has 0 aliphatic carbocycles. The molecule has 2 aromatic heterocycles. The van der Waals surface area contributed by atoms with E-state index in [4.69, 9.17) is 14.6 Å². The molecule has 0 saturated carbocycles. The number of benzene rings is 1. The summed E-state index contributed by atoms with van der Waals surface area (Å²) in [6.07, 6.45) is 4.19. The van der Waals surface area contributed by atoms with Gasteiger partial charge >= 0.3 is 0 Å². The third-order valence-corrected chi connectivity index (χ3v) is 5.77. The molecule has 1 aliphatic rings. The van der Waals surface area contributed by atoms with Gasteiger partial charge in [-0.1, -0.05) is 0 Å². The number of carbonyl (C=O) groups excluding carboxylic acids is 2. The Morgan fingerprint density at radius 3 is 2.67 bits per heavy atom. The summed E-state index contributed by atoms with van der Waals surface area (Å²) >= 11 is 0. The first-order chi connectivity index (χ1) is 15.6. The number of nitrogens with zero attached hydrogens (tertiary/aromatic N) is 1. The van der Waals surface area contributed by atoms with Gasteiger partial charge in [0.25, 0.3) is 11.8 Å². The normalized spacial score (nSPS) is 15.3. The van der Waals surface area contributed by atoms with Crippen LogP contribution in [-0.4, -0.2) is 58.8 Å². The zero-order valence-electron chi connectivity index (χ0n) is 18.9. The quantitative estimate of drug-likeness (QED) is 0.339. The summed E-state index contributed by atoms with van der Waals surface area (Å²) in [7, 11) is 1.54. The average molecular weight is 450 g/mol. The van der Waals surface area contributed by atoms with Crippen LogP contribution in [0.4, 0.5) is 0 Å². The molecule has 0 spiro atoms. The first kappa shape index (κ1) is 22.3. The fourth-order valence-electron chi connectivity index (χ4n) is 4.03. The van der Waals surface area contributed by atoms with Gasteiger partial charge in [-0.15, -0.1) is 0 Å². The SMILES string of the molecule is CNC(=O)c1oc2cc(O/C(=C/C=N)c3[nH]cc(C(=O)N4CC(C)(O)C4)c3C)ccc2c1C. The molecule has 0 radical (unpaired) electrons. The molecule has 0 unspecified atom stereocenters. The number of carbonyl (C=O) groups is 2. The van der Waals surface area contributed by atoms with Gasteiger partial charge in [-0.2, -0.15) is 0 Å². The number of aromatic nitrogens is 1. The summed E-state index contributed by atoms with van der Waals surface area (Å²) in [5.74, 6) is 0.566. The molecule has 1 aliphatic heterocycles. The Balaban J connectivity index is 1.61. The Labute approximate surface area is 190 Å². The number of aryl methyl sites for hydroxylation is 1. The molecule has 0 atom stereocenters. The number of hydrogen-bond donors (Lipinski definition) is 4. The van der Waals surface area contributed by atoms with Crippen LogP contribution in [0.2, 0.25) is 0 Å². The molecule has 4 N–H and O–H groups in total. The second-order valence-corrected chi connectivity index (χ2v) is 8.45. The first-order valence-electron chi connectivity index (χ1n) is 10.5. The molecule has 3 heterocycles. The van der Waals surface area contributed by atoms with Crippen molar-refractivity contribution >= 4 is 34.8 Å². The van der Waals surface area contributed by atoms with Gasteiger partial charge < -0.3 is 34.9 Å². The smallest absolute Gasteiger partial charge is 0.287 e. The van der Waals surface area contributed by atoms with E-state index in [-0.39, 0.29) is 30.7 Å². The summed E-state index contributed by atoms with van der Waals surface area (Å²) in [4.78, 5) is 29.5. The fourth-order valence-corrected chi connectivity index (χ4v) is 4.03. The molecule has 0 bridgehead atoms. The van der Waals surface area contributed by atoms with E-state index < -0.39 is 5.60 Å². The molecule has 33 heavy (non-hydrogen) atoms. The topological polar surface area (TPSA) is 132 Å². The van der Waals surface area contributed by atoms with Crippen LogP contribution in [0.25, 0.3) is 16.7 Å². The highest BCUT2D eigenvalue weighted by Gasteiger charge is 2.40. The number of furan rings is 1. The molecule has 1 saturated heterocycles. The lowest BCUT2D eigenvalue weighted by Gasteiger charge is -2.44. The third kappa shape index (κ3) is 4.03. The number of H-pyrrole nitrogens is 1. The number of rotatable bonds is 6. The molecule has 4 rings (SSSR count). The molecule has 3 aromatic rings. The monoisotopic (exact) mass is 450 g/mol. The van der Waals surface area contributed by atoms with Crippen molar-refractivity contribution in [3.63, 3.8) is 0 Å². The standard InChI is InChI=1S/C24H26N4O5/c1-13-17(23(30)28-11-24(3,31)12-28)10-27-20(13)18(7-8-25)32-15-5-6-16-14(2)21(22(29)26-4)33-19(16)9-15/h5-10,25,27,31H,11-12H2,1-4H3,(H,26,29)/b18-7+,25-8?. The van der Waals surface area contributed by atoms with Crippen molar-refractivity contribution in [3.8, 4) is 5.75 Å². The molecule has 172 valence electrons. The third-order valence-electron chi connectivity index (χ3n) is 5.77. The number of aromatic amines is 1. The zero-order chi connectivity index (χ0) is 23.9. The number of fused-ring (bicyclic) bond motifs is 1. The van der Waals surface area contributed by atoms with Crippen molar-refractivity contribution in [3.05, 3.63) is 58.6 Å². The molecule has 9 heteroatoms. The Morgan fingerprint density at radius 2 is 2.03 bits per heavy atom. The molecule has 9 nitrogen and oxygen atoms in total. The van der Waals surface area contributed by atoms with Crippen LogP contribution in [0.3, 0.4) is 0 Å². The Morgan fingerprint density at radius 1 is 1.30 bits per heavy atom. The maximum atomic E-state index is 12.8. The van der Waals surface area contributed by atoms with Crippen LogP contribution in [-0.2, 0) is 0 Å². The molecular weight excluding hydrogens is 424 g/mol. The second-order valence-electron chi connectivity index (χ2n) is 8.45. The van der Waals surface area contributed by atoms with Gasteiger partial charge in [0.15, 0.2) is 11.5 Å². The van der Waals surface area contributed by atoms with E-state index in [1.165, 1.54) is 6.08 Å². The Kier molecular flexibility index (Phi) is 5.59. The van der Waals surface area contributed by atoms with E-state index >= 15 is 0 Å². The van der Waals surface area contributed by atoms with Gasteiger partial charge in [0.1, 0.15) is 11.3 Å². The highest BCUT2D eigenvalue weighted by atomic mass is 16.5. The largest absolute Gasteiger partial charge is 0.455 e. The Hall–Kier alpha value is -3.85. The lowest BCUT2D eigenvalue weighted by atomic mass is 9.95. The van der Waals surface area contributed by atoms with E-state index in [2.05, 4.69) is 10.3 Å². The predicted molar refractivity (Wildman–Crippen MR) is 124 cm³/mol. The Bertz CT molecular complexity index is 1290. The minimum absolute atomic E-state index is 0.176. The highest BCUT2D eigenvalue weighted by molar-refractivity contribution is 5.99. The highest BCUT2D eigenvalue weighted by Crippen LogP contribution is 2.32. The number of β-amino-alcohol motifs (C(OH)–C–C–N with tert-alkyl or cyclic N) is 1. The zero-order valence-corrected chi connectivity index (χ0v) is 18.9. The molecule has 1 fully saturated rings. The summed E-state index contributed by atoms with van der Waals surface area (Å²) in [6, 6.07) is 5.24. The van der Waals surface area contributed by atoms with Crippen LogP contribution in [0, 0.1) is 19.3 Å². The minimum Gasteiger partial charge on any atom is -0.455 e. The molecule has 2 amide bonds. The average Bonchev–Trinajstić information content (AvgIpc) is 3.30. The first-order valence-corrected chi connectivity index (χ1v) is 10.5. The van der Waals surface area contributed by atoms with Gasteiger partial charge in [0, 0.05) is 42.6 Å². The van der Waals surface area contributed by atoms with Crippen LogP contribution in [0.5, 0.6) is 5.75 Å². The van der Waals surface area contributed by atoms with E-state index in [1.807, 2.05) is 13.0 Å². The maximum absolute atomic E-state index is 12.8. The summed E-state index contributed by atoms with van der Waals surface area (Å²) in [5.41, 5.74) is 2.11. The van der Waals surface area contributed by atoms with E-state index in [0.717, 1.165) is 17.2 Å². The minimum atomic E-state index is -0.850. The van der Waals surface area contributed by atoms with Crippen molar-refractivity contribution in [2.24, 2.45) is 0 Å². The van der Waals surface area contributed by atoms with Crippen molar-refractivity contribution < 1.29 is 23.8 Å². The van der Waals surface area contributed by atoms with Crippen LogP contribution in [0.15, 0.2) is 34.9 Å². The number of hydrogen-bond acceptors (Lipinski definition) is 6. The van der Waals surface area contributed by atoms with Gasteiger partial charge in [-0.05, 0) is 38.5 Å². The number of allylic oxidation sites excluding steroid dienone is 1. The second kappa shape index (κ2) is 8.25. The van der Waals surface area contributed by atoms with Gasteiger partial charge in [-0.25, -0.2) is 0 Å². The number of amides is 2. The van der Waals surface area contributed by atoms with Crippen LogP contribution in [0.1, 0.15) is 44.7 Å². The van der Waals surface area contributed by atoms with Crippen LogP contribution >= 0.6 is 0 Å². The van der Waals surface area contributed by atoms with Crippen molar-refractivity contribution in [1.82, 2.24) is 15.2 Å². The molecular formula is C24H26N4O5. The number of nitrogens with one attached hydrogen (secondary N) is 3. The number of likely N-dealkylation sites (tertiary alicyclic amines) is 1. The lowest BCUT2D eigenvalue weighted by Crippen LogP contribution is -2.61. The summed E-state index contributed by atoms with van der Waals surface area (Å²) in [5, 5.41) is 20.8. The summed E-state index contributed by atoms with van der Waals surface area (Å²) < 4.78 is 11.8. The fraction of sp³-hybridized carbons (Fsp3) is 0.292. The summed E-state index contributed by atoms with van der Waals surface area (Å²) in [6.45, 7) is 5.88. The van der Waals surface area contributed by atoms with E-state index in [9.17, 15) is 14.7 Å². The van der Waals surface area contributed by atoms with E-state index in [1.54, 1.807) is 44.1 Å². The maximum Gasteiger partial charge on any atom is 0.287 e. The van der Waals surface area contributed by atoms with E-state index in [0.29, 0.717) is 33.9 Å². The molecule has 1 aromatic carbocycles. The predicted octanol–water partition coefficient (Wildman–Crippen LogP) is 3.01. The number of ether oxygens (including phenoxy) is 1. The number of aliphatic hydroxyl groups is 1. The van der Waals surface area contributed by atoms with Gasteiger partial charge in [0.05, 0.1) is 29.9 Å². The van der Waals surface area contributed by atoms with Crippen LogP contribution < -0.4 is 10.1 Å². The lowest BCUT2D eigenvalue weighted by molar-refractivity contribution is -0.0668. The van der Waals surface area contributed by atoms with Crippen molar-refractivity contribution in [2.75, 3.05) is 20.1 Å². The van der Waals surface area contributed by atoms with Crippen molar-refractivity contribution in [2.45, 2.75) is 26.4 Å². The van der Waals surface area contributed by atoms with Gasteiger partial charge in [-0.3, -0.25) is 9.59 Å².